The predicted octanol–water partition coefficient (Wildman–Crippen LogP) is 2.77. The molecule has 22 heavy (non-hydrogen) atoms. The van der Waals surface area contributed by atoms with Gasteiger partial charge in [0.1, 0.15) is 5.75 Å². The largest absolute Gasteiger partial charge is 0.481 e. The molecule has 0 radical (unpaired) electrons. The van der Waals surface area contributed by atoms with Crippen molar-refractivity contribution < 1.29 is 9.53 Å². The molecule has 1 aliphatic heterocycles. The van der Waals surface area contributed by atoms with Crippen LogP contribution in [-0.4, -0.2) is 36.5 Å². The Morgan fingerprint density at radius 3 is 2.59 bits per heavy atom. The van der Waals surface area contributed by atoms with E-state index in [0.717, 1.165) is 38.2 Å². The Hall–Kier alpha value is -1.55. The zero-order valence-corrected chi connectivity index (χ0v) is 13.9. The molecular weight excluding hydrogens is 276 g/mol. The number of hydrogen-bond acceptors (Lipinski definition) is 3. The van der Waals surface area contributed by atoms with Gasteiger partial charge in [-0.25, -0.2) is 0 Å². The number of piperidine rings is 1. The molecule has 1 unspecified atom stereocenters. The van der Waals surface area contributed by atoms with E-state index in [1.165, 1.54) is 5.56 Å². The minimum absolute atomic E-state index is 0.0745. The SMILES string of the molecule is CC(Oc1cccc(C(C)C)c1)C(=O)N1CCC(CN)CC1. The van der Waals surface area contributed by atoms with Crippen LogP contribution >= 0.6 is 0 Å². The molecule has 1 saturated heterocycles. The van der Waals surface area contributed by atoms with Crippen LogP contribution in [0, 0.1) is 5.92 Å². The van der Waals surface area contributed by atoms with Crippen molar-refractivity contribution in [2.45, 2.75) is 45.6 Å². The van der Waals surface area contributed by atoms with Crippen LogP contribution in [0.25, 0.3) is 0 Å². The molecule has 4 heteroatoms. The maximum absolute atomic E-state index is 12.5. The molecule has 4 nitrogen and oxygen atoms in total. The first kappa shape index (κ1) is 16.8. The van der Waals surface area contributed by atoms with E-state index in [1.54, 1.807) is 0 Å². The summed E-state index contributed by atoms with van der Waals surface area (Å²) >= 11 is 0. The minimum Gasteiger partial charge on any atom is -0.481 e. The van der Waals surface area contributed by atoms with E-state index in [1.807, 2.05) is 30.0 Å². The third-order valence-electron chi connectivity index (χ3n) is 4.44. The lowest BCUT2D eigenvalue weighted by Crippen LogP contribution is -2.45. The van der Waals surface area contributed by atoms with Crippen LogP contribution < -0.4 is 10.5 Å². The lowest BCUT2D eigenvalue weighted by atomic mass is 9.97. The van der Waals surface area contributed by atoms with Crippen molar-refractivity contribution in [3.8, 4) is 5.75 Å². The van der Waals surface area contributed by atoms with Gasteiger partial charge in [-0.1, -0.05) is 26.0 Å². The average Bonchev–Trinajstić information content (AvgIpc) is 2.54. The number of nitrogens with two attached hydrogens (primary N) is 1. The van der Waals surface area contributed by atoms with Crippen LogP contribution in [-0.2, 0) is 4.79 Å². The monoisotopic (exact) mass is 304 g/mol. The third kappa shape index (κ3) is 4.23. The molecule has 122 valence electrons. The molecule has 2 rings (SSSR count). The Balaban J connectivity index is 1.93. The molecule has 1 aliphatic rings. The Morgan fingerprint density at radius 2 is 2.00 bits per heavy atom. The van der Waals surface area contributed by atoms with Gasteiger partial charge in [0.2, 0.25) is 0 Å². The quantitative estimate of drug-likeness (QED) is 0.910. The number of carbonyl (C=O) groups is 1. The summed E-state index contributed by atoms with van der Waals surface area (Å²) in [7, 11) is 0. The zero-order chi connectivity index (χ0) is 16.1. The number of amides is 1. The van der Waals surface area contributed by atoms with Crippen molar-refractivity contribution in [1.29, 1.82) is 0 Å². The van der Waals surface area contributed by atoms with E-state index in [2.05, 4.69) is 19.9 Å². The van der Waals surface area contributed by atoms with Gasteiger partial charge in [-0.05, 0) is 55.8 Å². The van der Waals surface area contributed by atoms with E-state index in [0.29, 0.717) is 11.8 Å². The second-order valence-corrected chi connectivity index (χ2v) is 6.49. The number of carbonyl (C=O) groups excluding carboxylic acids is 1. The fraction of sp³-hybridized carbons (Fsp3) is 0.611. The molecule has 0 spiro atoms. The van der Waals surface area contributed by atoms with Crippen LogP contribution in [0.1, 0.15) is 45.1 Å². The number of benzene rings is 1. The lowest BCUT2D eigenvalue weighted by Gasteiger charge is -2.33. The standard InChI is InChI=1S/C18H28N2O2/c1-13(2)16-5-4-6-17(11-16)22-14(3)18(21)20-9-7-15(12-19)8-10-20/h4-6,11,13-15H,7-10,12,19H2,1-3H3. The first-order valence-corrected chi connectivity index (χ1v) is 8.26. The number of nitrogens with zero attached hydrogens (tertiary/aromatic N) is 1. The summed E-state index contributed by atoms with van der Waals surface area (Å²) in [6.07, 6.45) is 1.55. The fourth-order valence-electron chi connectivity index (χ4n) is 2.85. The molecule has 1 aromatic carbocycles. The molecule has 1 atom stereocenters. The summed E-state index contributed by atoms with van der Waals surface area (Å²) in [6, 6.07) is 8.00. The molecule has 1 heterocycles. The molecule has 0 saturated carbocycles. The summed E-state index contributed by atoms with van der Waals surface area (Å²) in [4.78, 5) is 14.4. The van der Waals surface area contributed by atoms with Crippen LogP contribution in [0.5, 0.6) is 5.75 Å². The smallest absolute Gasteiger partial charge is 0.263 e. The number of likely N-dealkylation sites (tertiary alicyclic amines) is 1. The van der Waals surface area contributed by atoms with Gasteiger partial charge in [-0.15, -0.1) is 0 Å². The van der Waals surface area contributed by atoms with Gasteiger partial charge >= 0.3 is 0 Å². The normalized spacial score (nSPS) is 17.6. The lowest BCUT2D eigenvalue weighted by molar-refractivity contribution is -0.139. The van der Waals surface area contributed by atoms with Gasteiger partial charge in [0.05, 0.1) is 0 Å². The second-order valence-electron chi connectivity index (χ2n) is 6.49. The van der Waals surface area contributed by atoms with Crippen molar-refractivity contribution in [2.24, 2.45) is 11.7 Å². The highest BCUT2D eigenvalue weighted by Crippen LogP contribution is 2.22. The molecule has 1 amide bonds. The highest BCUT2D eigenvalue weighted by molar-refractivity contribution is 5.81. The molecular formula is C18H28N2O2. The van der Waals surface area contributed by atoms with Crippen molar-refractivity contribution in [2.75, 3.05) is 19.6 Å². The minimum atomic E-state index is -0.447. The van der Waals surface area contributed by atoms with Gasteiger partial charge in [-0.3, -0.25) is 4.79 Å². The molecule has 1 aromatic rings. The van der Waals surface area contributed by atoms with Crippen LogP contribution in [0.4, 0.5) is 0 Å². The number of ether oxygens (including phenoxy) is 1. The Morgan fingerprint density at radius 1 is 1.32 bits per heavy atom. The molecule has 0 aliphatic carbocycles. The van der Waals surface area contributed by atoms with Crippen LogP contribution in [0.15, 0.2) is 24.3 Å². The summed E-state index contributed by atoms with van der Waals surface area (Å²) < 4.78 is 5.86. The Labute approximate surface area is 133 Å². The van der Waals surface area contributed by atoms with Crippen LogP contribution in [0.3, 0.4) is 0 Å². The topological polar surface area (TPSA) is 55.6 Å². The van der Waals surface area contributed by atoms with Gasteiger partial charge in [-0.2, -0.15) is 0 Å². The number of rotatable bonds is 5. The highest BCUT2D eigenvalue weighted by Gasteiger charge is 2.26. The summed E-state index contributed by atoms with van der Waals surface area (Å²) in [5.41, 5.74) is 6.92. The molecule has 1 fully saturated rings. The fourth-order valence-corrected chi connectivity index (χ4v) is 2.85. The predicted molar refractivity (Wildman–Crippen MR) is 89.0 cm³/mol. The second kappa shape index (κ2) is 7.63. The van der Waals surface area contributed by atoms with Crippen molar-refractivity contribution in [1.82, 2.24) is 4.90 Å². The zero-order valence-electron chi connectivity index (χ0n) is 13.9. The first-order chi connectivity index (χ1) is 10.5. The van der Waals surface area contributed by atoms with Crippen molar-refractivity contribution in [3.63, 3.8) is 0 Å². The maximum Gasteiger partial charge on any atom is 0.263 e. The average molecular weight is 304 g/mol. The van der Waals surface area contributed by atoms with E-state index >= 15 is 0 Å². The summed E-state index contributed by atoms with van der Waals surface area (Å²) in [6.45, 7) is 8.43. The van der Waals surface area contributed by atoms with E-state index in [4.69, 9.17) is 10.5 Å². The maximum atomic E-state index is 12.5. The highest BCUT2D eigenvalue weighted by atomic mass is 16.5. The third-order valence-corrected chi connectivity index (χ3v) is 4.44. The first-order valence-electron chi connectivity index (χ1n) is 8.26. The van der Waals surface area contributed by atoms with E-state index < -0.39 is 6.10 Å². The summed E-state index contributed by atoms with van der Waals surface area (Å²) in [5.74, 6) is 1.85. The van der Waals surface area contributed by atoms with Gasteiger partial charge in [0.25, 0.3) is 5.91 Å². The molecule has 2 N–H and O–H groups in total. The van der Waals surface area contributed by atoms with Gasteiger partial charge in [0.15, 0.2) is 6.10 Å². The van der Waals surface area contributed by atoms with E-state index in [-0.39, 0.29) is 5.91 Å². The Bertz CT molecular complexity index is 494. The van der Waals surface area contributed by atoms with Crippen LogP contribution in [0.2, 0.25) is 0 Å². The van der Waals surface area contributed by atoms with Crippen molar-refractivity contribution >= 4 is 5.91 Å². The summed E-state index contributed by atoms with van der Waals surface area (Å²) in [5, 5.41) is 0. The van der Waals surface area contributed by atoms with Crippen molar-refractivity contribution in [3.05, 3.63) is 29.8 Å². The van der Waals surface area contributed by atoms with Gasteiger partial charge < -0.3 is 15.4 Å². The van der Waals surface area contributed by atoms with Gasteiger partial charge in [0, 0.05) is 13.1 Å². The number of hydrogen-bond donors (Lipinski definition) is 1. The molecule has 0 aromatic heterocycles. The molecule has 0 bridgehead atoms. The van der Waals surface area contributed by atoms with E-state index in [9.17, 15) is 4.79 Å². The Kier molecular flexibility index (Phi) is 5.83.